The van der Waals surface area contributed by atoms with E-state index < -0.39 is 10.0 Å². The normalized spacial score (nSPS) is 11.6. The standard InChI is InChI=1S/C10H10BrN3O2S2/c11-9-2-1-8(3-10(9)12)18(15,16)14-5-7-4-13-6-17-7/h1-4,6,14H,5,12H2. The third-order valence-corrected chi connectivity index (χ3v) is 5.10. The second kappa shape index (κ2) is 5.35. The monoisotopic (exact) mass is 347 g/mol. The van der Waals surface area contributed by atoms with E-state index in [9.17, 15) is 8.42 Å². The zero-order valence-corrected chi connectivity index (χ0v) is 12.3. The molecule has 3 N–H and O–H groups in total. The summed E-state index contributed by atoms with van der Waals surface area (Å²) >= 11 is 4.61. The molecule has 0 unspecified atom stereocenters. The van der Waals surface area contributed by atoms with Gasteiger partial charge in [-0.2, -0.15) is 0 Å². The molecule has 0 bridgehead atoms. The van der Waals surface area contributed by atoms with Crippen LogP contribution in [-0.4, -0.2) is 13.4 Å². The molecule has 0 fully saturated rings. The number of nitrogens with zero attached hydrogens (tertiary/aromatic N) is 1. The first-order chi connectivity index (χ1) is 8.49. The Bertz CT molecular complexity index is 641. The molecule has 2 rings (SSSR count). The van der Waals surface area contributed by atoms with E-state index in [4.69, 9.17) is 5.73 Å². The number of nitrogens with two attached hydrogens (primary N) is 1. The Balaban J connectivity index is 2.17. The van der Waals surface area contributed by atoms with Crippen LogP contribution in [-0.2, 0) is 16.6 Å². The van der Waals surface area contributed by atoms with Crippen LogP contribution in [0.3, 0.4) is 0 Å². The van der Waals surface area contributed by atoms with Crippen molar-refractivity contribution in [2.24, 2.45) is 0 Å². The molecule has 96 valence electrons. The quantitative estimate of drug-likeness (QED) is 0.828. The molecule has 1 heterocycles. The van der Waals surface area contributed by atoms with Crippen molar-refractivity contribution in [1.82, 2.24) is 9.71 Å². The molecule has 2 aromatic rings. The Kier molecular flexibility index (Phi) is 4.00. The van der Waals surface area contributed by atoms with Crippen LogP contribution in [0.15, 0.2) is 39.3 Å². The molecular weight excluding hydrogens is 338 g/mol. The van der Waals surface area contributed by atoms with Crippen LogP contribution in [0, 0.1) is 0 Å². The second-order valence-electron chi connectivity index (χ2n) is 3.48. The van der Waals surface area contributed by atoms with E-state index in [2.05, 4.69) is 25.6 Å². The van der Waals surface area contributed by atoms with Gasteiger partial charge in [0.25, 0.3) is 0 Å². The molecule has 0 spiro atoms. The Hall–Kier alpha value is -0.960. The number of hydrogen-bond acceptors (Lipinski definition) is 5. The lowest BCUT2D eigenvalue weighted by Crippen LogP contribution is -2.22. The first-order valence-electron chi connectivity index (χ1n) is 4.91. The Morgan fingerprint density at radius 1 is 1.44 bits per heavy atom. The first kappa shape index (κ1) is 13.5. The van der Waals surface area contributed by atoms with Crippen molar-refractivity contribution in [3.63, 3.8) is 0 Å². The molecule has 0 saturated carbocycles. The summed E-state index contributed by atoms with van der Waals surface area (Å²) in [6, 6.07) is 4.52. The number of anilines is 1. The van der Waals surface area contributed by atoms with Crippen molar-refractivity contribution in [2.75, 3.05) is 5.73 Å². The molecule has 0 aliphatic carbocycles. The summed E-state index contributed by atoms with van der Waals surface area (Å²) < 4.78 is 27.2. The van der Waals surface area contributed by atoms with Crippen LogP contribution >= 0.6 is 27.3 Å². The molecule has 1 aromatic carbocycles. The summed E-state index contributed by atoms with van der Waals surface area (Å²) in [4.78, 5) is 4.88. The van der Waals surface area contributed by atoms with E-state index in [1.807, 2.05) is 0 Å². The Morgan fingerprint density at radius 3 is 2.83 bits per heavy atom. The molecule has 0 aliphatic heterocycles. The van der Waals surface area contributed by atoms with Crippen LogP contribution in [0.1, 0.15) is 4.88 Å². The maximum Gasteiger partial charge on any atom is 0.240 e. The van der Waals surface area contributed by atoms with Crippen molar-refractivity contribution >= 4 is 43.0 Å². The van der Waals surface area contributed by atoms with Gasteiger partial charge in [0.05, 0.1) is 10.4 Å². The Morgan fingerprint density at radius 2 is 2.22 bits per heavy atom. The second-order valence-corrected chi connectivity index (χ2v) is 7.07. The van der Waals surface area contributed by atoms with Gasteiger partial charge in [-0.3, -0.25) is 4.98 Å². The summed E-state index contributed by atoms with van der Waals surface area (Å²) in [5, 5.41) is 0. The minimum Gasteiger partial charge on any atom is -0.398 e. The van der Waals surface area contributed by atoms with E-state index in [0.29, 0.717) is 10.2 Å². The van der Waals surface area contributed by atoms with Crippen LogP contribution in [0.2, 0.25) is 0 Å². The molecular formula is C10H10BrN3O2S2. The van der Waals surface area contributed by atoms with Crippen LogP contribution in [0.25, 0.3) is 0 Å². The van der Waals surface area contributed by atoms with Crippen molar-refractivity contribution in [3.8, 4) is 0 Å². The highest BCUT2D eigenvalue weighted by Gasteiger charge is 2.15. The van der Waals surface area contributed by atoms with Crippen LogP contribution in [0.4, 0.5) is 5.69 Å². The molecule has 1 aromatic heterocycles. The highest BCUT2D eigenvalue weighted by atomic mass is 79.9. The van der Waals surface area contributed by atoms with E-state index in [1.165, 1.54) is 23.5 Å². The average Bonchev–Trinajstić information content (AvgIpc) is 2.83. The summed E-state index contributed by atoms with van der Waals surface area (Å²) in [6.07, 6.45) is 1.63. The van der Waals surface area contributed by atoms with Crippen LogP contribution < -0.4 is 10.5 Å². The molecule has 0 amide bonds. The van der Waals surface area contributed by atoms with Gasteiger partial charge in [-0.1, -0.05) is 0 Å². The number of aromatic nitrogens is 1. The van der Waals surface area contributed by atoms with Gasteiger partial charge in [0, 0.05) is 27.8 Å². The predicted molar refractivity (Wildman–Crippen MR) is 74.7 cm³/mol. The topological polar surface area (TPSA) is 85.1 Å². The fraction of sp³-hybridized carbons (Fsp3) is 0.100. The molecule has 0 atom stereocenters. The number of rotatable bonds is 4. The molecule has 0 saturated heterocycles. The number of thiazole rings is 1. The summed E-state index contributed by atoms with van der Waals surface area (Å²) in [5.41, 5.74) is 7.70. The molecule has 18 heavy (non-hydrogen) atoms. The van der Waals surface area contributed by atoms with Gasteiger partial charge in [0.2, 0.25) is 10.0 Å². The molecule has 0 radical (unpaired) electrons. The number of nitrogen functional groups attached to an aromatic ring is 1. The number of halogens is 1. The lowest BCUT2D eigenvalue weighted by atomic mass is 10.3. The van der Waals surface area contributed by atoms with Crippen molar-refractivity contribution in [1.29, 1.82) is 0 Å². The van der Waals surface area contributed by atoms with Crippen molar-refractivity contribution < 1.29 is 8.42 Å². The number of benzene rings is 1. The van der Waals surface area contributed by atoms with Gasteiger partial charge in [-0.15, -0.1) is 11.3 Å². The SMILES string of the molecule is Nc1cc(S(=O)(=O)NCc2cncs2)ccc1Br. The summed E-state index contributed by atoms with van der Waals surface area (Å²) in [6.45, 7) is 0.225. The summed E-state index contributed by atoms with van der Waals surface area (Å²) in [5.74, 6) is 0. The maximum absolute atomic E-state index is 12.0. The predicted octanol–water partition coefficient (Wildman–Crippen LogP) is 1.97. The third-order valence-electron chi connectivity index (χ3n) is 2.20. The van der Waals surface area contributed by atoms with E-state index in [0.717, 1.165) is 4.88 Å². The fourth-order valence-electron chi connectivity index (χ4n) is 1.27. The van der Waals surface area contributed by atoms with Crippen molar-refractivity contribution in [3.05, 3.63) is 39.3 Å². The fourth-order valence-corrected chi connectivity index (χ4v) is 3.18. The largest absolute Gasteiger partial charge is 0.398 e. The molecule has 0 aliphatic rings. The average molecular weight is 348 g/mol. The van der Waals surface area contributed by atoms with E-state index in [-0.39, 0.29) is 11.4 Å². The van der Waals surface area contributed by atoms with Gasteiger partial charge in [0.15, 0.2) is 0 Å². The van der Waals surface area contributed by atoms with E-state index >= 15 is 0 Å². The van der Waals surface area contributed by atoms with E-state index in [1.54, 1.807) is 17.8 Å². The van der Waals surface area contributed by atoms with Gasteiger partial charge in [-0.25, -0.2) is 13.1 Å². The van der Waals surface area contributed by atoms with Gasteiger partial charge >= 0.3 is 0 Å². The smallest absolute Gasteiger partial charge is 0.240 e. The number of sulfonamides is 1. The zero-order valence-electron chi connectivity index (χ0n) is 9.13. The van der Waals surface area contributed by atoms with Gasteiger partial charge in [0.1, 0.15) is 0 Å². The summed E-state index contributed by atoms with van der Waals surface area (Å²) in [7, 11) is -3.55. The minimum absolute atomic E-state index is 0.146. The van der Waals surface area contributed by atoms with Crippen molar-refractivity contribution in [2.45, 2.75) is 11.4 Å². The minimum atomic E-state index is -3.55. The highest BCUT2D eigenvalue weighted by molar-refractivity contribution is 9.10. The number of nitrogens with one attached hydrogen (secondary N) is 1. The number of hydrogen-bond donors (Lipinski definition) is 2. The first-order valence-corrected chi connectivity index (χ1v) is 8.07. The van der Waals surface area contributed by atoms with Crippen LogP contribution in [0.5, 0.6) is 0 Å². The Labute approximate surface area is 117 Å². The maximum atomic E-state index is 12.0. The molecule has 5 nitrogen and oxygen atoms in total. The lowest BCUT2D eigenvalue weighted by Gasteiger charge is -2.07. The van der Waals surface area contributed by atoms with Gasteiger partial charge in [-0.05, 0) is 34.1 Å². The third kappa shape index (κ3) is 3.08. The lowest BCUT2D eigenvalue weighted by molar-refractivity contribution is 0.582. The zero-order chi connectivity index (χ0) is 13.2. The highest BCUT2D eigenvalue weighted by Crippen LogP contribution is 2.22. The molecule has 8 heteroatoms. The van der Waals surface area contributed by atoms with Gasteiger partial charge < -0.3 is 5.73 Å².